The van der Waals surface area contributed by atoms with Gasteiger partial charge in [-0.3, -0.25) is 9.59 Å². The van der Waals surface area contributed by atoms with Gasteiger partial charge in [0.2, 0.25) is 10.0 Å². The van der Waals surface area contributed by atoms with Gasteiger partial charge in [0.25, 0.3) is 11.8 Å². The van der Waals surface area contributed by atoms with Crippen LogP contribution in [0.25, 0.3) is 5.65 Å². The number of likely N-dealkylation sites (tertiary alicyclic amines) is 1. The standard InChI is InChI=1S/C29H30F2N6O4S/c1-4-42(40,41)35-28(38)21-16-33-37-26(21)32-15-22(27(37)34-25-13-17(2)5-6-18(25)3)29(39)36-11-9-19(10-12-36)20-7-8-23(30)24(31)14-20/h5-8,13-16,19,34H,4,9-12H2,1-3H3,(H,35,38). The molecule has 0 radical (unpaired) electrons. The van der Waals surface area contributed by atoms with Gasteiger partial charge in [0.1, 0.15) is 16.9 Å². The van der Waals surface area contributed by atoms with Gasteiger partial charge in [-0.15, -0.1) is 0 Å². The largest absolute Gasteiger partial charge is 0.339 e. The third-order valence-corrected chi connectivity index (χ3v) is 8.73. The zero-order chi connectivity index (χ0) is 30.2. The zero-order valence-corrected chi connectivity index (χ0v) is 24.1. The van der Waals surface area contributed by atoms with Crippen LogP contribution in [0.2, 0.25) is 0 Å². The second-order valence-electron chi connectivity index (χ2n) is 10.3. The fourth-order valence-electron chi connectivity index (χ4n) is 4.99. The number of nitrogens with zero attached hydrogens (tertiary/aromatic N) is 4. The number of aryl methyl sites for hydroxylation is 2. The first-order valence-electron chi connectivity index (χ1n) is 13.5. The second kappa shape index (κ2) is 11.5. The lowest BCUT2D eigenvalue weighted by atomic mass is 9.89. The van der Waals surface area contributed by atoms with Gasteiger partial charge in [-0.1, -0.05) is 18.2 Å². The van der Waals surface area contributed by atoms with Crippen molar-refractivity contribution in [3.8, 4) is 0 Å². The van der Waals surface area contributed by atoms with E-state index < -0.39 is 27.6 Å². The van der Waals surface area contributed by atoms with Crippen molar-refractivity contribution >= 4 is 39.0 Å². The topological polar surface area (TPSA) is 126 Å². The van der Waals surface area contributed by atoms with E-state index in [2.05, 4.69) is 15.4 Å². The number of benzene rings is 2. The van der Waals surface area contributed by atoms with E-state index in [4.69, 9.17) is 0 Å². The Kier molecular flexibility index (Phi) is 7.95. The highest BCUT2D eigenvalue weighted by Crippen LogP contribution is 2.32. The lowest BCUT2D eigenvalue weighted by Gasteiger charge is -2.32. The van der Waals surface area contributed by atoms with Crippen LogP contribution in [0.5, 0.6) is 0 Å². The molecule has 0 spiro atoms. The summed E-state index contributed by atoms with van der Waals surface area (Å²) in [5.41, 5.74) is 3.48. The third kappa shape index (κ3) is 5.82. The van der Waals surface area contributed by atoms with Crippen LogP contribution in [0, 0.1) is 25.5 Å². The van der Waals surface area contributed by atoms with Crippen LogP contribution in [0.4, 0.5) is 20.3 Å². The molecule has 42 heavy (non-hydrogen) atoms. The number of aromatic nitrogens is 3. The Bertz CT molecular complexity index is 1800. The first-order chi connectivity index (χ1) is 20.0. The summed E-state index contributed by atoms with van der Waals surface area (Å²) in [6, 6.07) is 9.69. The maximum Gasteiger partial charge on any atom is 0.270 e. The van der Waals surface area contributed by atoms with Gasteiger partial charge in [-0.05, 0) is 74.4 Å². The quantitative estimate of drug-likeness (QED) is 0.323. The van der Waals surface area contributed by atoms with E-state index in [1.807, 2.05) is 36.8 Å². The Morgan fingerprint density at radius 3 is 2.43 bits per heavy atom. The number of carbonyl (C=O) groups is 2. The summed E-state index contributed by atoms with van der Waals surface area (Å²) in [5.74, 6) is -3.04. The molecule has 0 saturated carbocycles. The number of rotatable bonds is 7. The number of carbonyl (C=O) groups excluding carboxylic acids is 2. The molecule has 2 aromatic heterocycles. The summed E-state index contributed by atoms with van der Waals surface area (Å²) < 4.78 is 54.5. The highest BCUT2D eigenvalue weighted by molar-refractivity contribution is 7.90. The van der Waals surface area contributed by atoms with E-state index >= 15 is 0 Å². The minimum absolute atomic E-state index is 0.0242. The maximum absolute atomic E-state index is 13.9. The van der Waals surface area contributed by atoms with Crippen molar-refractivity contribution in [1.29, 1.82) is 0 Å². The van der Waals surface area contributed by atoms with Crippen molar-refractivity contribution in [3.63, 3.8) is 0 Å². The lowest BCUT2D eigenvalue weighted by molar-refractivity contribution is 0.0712. The number of halogens is 2. The predicted molar refractivity (Wildman–Crippen MR) is 153 cm³/mol. The number of nitrogens with one attached hydrogen (secondary N) is 2. The van der Waals surface area contributed by atoms with E-state index in [1.165, 1.54) is 29.9 Å². The molecule has 2 amide bonds. The number of hydrogen-bond acceptors (Lipinski definition) is 7. The molecule has 220 valence electrons. The molecule has 4 aromatic rings. The molecule has 2 N–H and O–H groups in total. The van der Waals surface area contributed by atoms with Gasteiger partial charge in [0.15, 0.2) is 17.3 Å². The number of sulfonamides is 1. The summed E-state index contributed by atoms with van der Waals surface area (Å²) >= 11 is 0. The molecule has 0 bridgehead atoms. The molecule has 0 atom stereocenters. The van der Waals surface area contributed by atoms with Crippen molar-refractivity contribution in [1.82, 2.24) is 24.2 Å². The summed E-state index contributed by atoms with van der Waals surface area (Å²) in [5, 5.41) is 7.59. The lowest BCUT2D eigenvalue weighted by Crippen LogP contribution is -2.38. The molecule has 0 aliphatic carbocycles. The molecule has 3 heterocycles. The van der Waals surface area contributed by atoms with Gasteiger partial charge in [-0.25, -0.2) is 26.9 Å². The molecular weight excluding hydrogens is 566 g/mol. The van der Waals surface area contributed by atoms with Gasteiger partial charge < -0.3 is 10.2 Å². The highest BCUT2D eigenvalue weighted by Gasteiger charge is 2.29. The fourth-order valence-corrected chi connectivity index (χ4v) is 5.52. The van der Waals surface area contributed by atoms with Crippen molar-refractivity contribution < 1.29 is 26.8 Å². The molecule has 10 nitrogen and oxygen atoms in total. The molecule has 1 saturated heterocycles. The smallest absolute Gasteiger partial charge is 0.270 e. The number of amides is 2. The summed E-state index contributed by atoms with van der Waals surface area (Å²) in [6.45, 7) is 6.01. The summed E-state index contributed by atoms with van der Waals surface area (Å²) in [4.78, 5) is 32.6. The first kappa shape index (κ1) is 29.1. The Balaban J connectivity index is 1.49. The van der Waals surface area contributed by atoms with E-state index in [1.54, 1.807) is 11.0 Å². The van der Waals surface area contributed by atoms with E-state index in [-0.39, 0.29) is 40.2 Å². The Morgan fingerprint density at radius 1 is 1.00 bits per heavy atom. The van der Waals surface area contributed by atoms with Crippen LogP contribution in [0.1, 0.15) is 63.1 Å². The molecule has 1 aliphatic rings. The van der Waals surface area contributed by atoms with Crippen molar-refractivity contribution in [2.24, 2.45) is 0 Å². The Morgan fingerprint density at radius 2 is 1.74 bits per heavy atom. The van der Waals surface area contributed by atoms with Crippen molar-refractivity contribution in [3.05, 3.63) is 88.2 Å². The van der Waals surface area contributed by atoms with Crippen molar-refractivity contribution in [2.75, 3.05) is 24.2 Å². The van der Waals surface area contributed by atoms with Crippen LogP contribution >= 0.6 is 0 Å². The maximum atomic E-state index is 13.9. The van der Waals surface area contributed by atoms with Gasteiger partial charge in [0.05, 0.1) is 11.9 Å². The summed E-state index contributed by atoms with van der Waals surface area (Å²) in [6.07, 6.45) is 3.67. The molecule has 1 fully saturated rings. The number of fused-ring (bicyclic) bond motifs is 1. The van der Waals surface area contributed by atoms with Crippen LogP contribution in [0.3, 0.4) is 0 Å². The average Bonchev–Trinajstić information content (AvgIpc) is 3.41. The molecular formula is C29H30F2N6O4S. The third-order valence-electron chi connectivity index (χ3n) is 7.47. The number of anilines is 2. The predicted octanol–water partition coefficient (Wildman–Crippen LogP) is 4.47. The van der Waals surface area contributed by atoms with Gasteiger partial charge in [0, 0.05) is 25.0 Å². The fraction of sp³-hybridized carbons (Fsp3) is 0.310. The van der Waals surface area contributed by atoms with Crippen LogP contribution in [-0.4, -0.2) is 58.6 Å². The minimum Gasteiger partial charge on any atom is -0.339 e. The van der Waals surface area contributed by atoms with E-state index in [9.17, 15) is 26.8 Å². The van der Waals surface area contributed by atoms with Gasteiger partial charge >= 0.3 is 0 Å². The van der Waals surface area contributed by atoms with E-state index in [0.29, 0.717) is 37.2 Å². The van der Waals surface area contributed by atoms with Crippen molar-refractivity contribution in [2.45, 2.75) is 39.5 Å². The molecule has 1 aliphatic heterocycles. The molecule has 5 rings (SSSR count). The normalized spacial score (nSPS) is 14.3. The van der Waals surface area contributed by atoms with Crippen LogP contribution in [0.15, 0.2) is 48.8 Å². The highest BCUT2D eigenvalue weighted by atomic mass is 32.2. The van der Waals surface area contributed by atoms with Gasteiger partial charge in [-0.2, -0.15) is 9.61 Å². The average molecular weight is 597 g/mol. The molecule has 13 heteroatoms. The second-order valence-corrected chi connectivity index (χ2v) is 12.3. The minimum atomic E-state index is -3.83. The zero-order valence-electron chi connectivity index (χ0n) is 23.3. The van der Waals surface area contributed by atoms with Crippen LogP contribution in [-0.2, 0) is 10.0 Å². The Labute approximate surface area is 241 Å². The number of piperidine rings is 1. The van der Waals surface area contributed by atoms with Crippen LogP contribution < -0.4 is 10.0 Å². The Hall–Kier alpha value is -4.39. The first-order valence-corrected chi connectivity index (χ1v) is 15.1. The number of hydrogen-bond donors (Lipinski definition) is 2. The summed E-state index contributed by atoms with van der Waals surface area (Å²) in [7, 11) is -3.83. The van der Waals surface area contributed by atoms with E-state index in [0.717, 1.165) is 17.2 Å². The SMILES string of the molecule is CCS(=O)(=O)NC(=O)c1cnn2c(Nc3cc(C)ccc3C)c(C(=O)N3CCC(c4ccc(F)c(F)c4)CC3)cnc12. The molecule has 2 aromatic carbocycles. The molecule has 0 unspecified atom stereocenters. The monoisotopic (exact) mass is 596 g/mol.